The molecule has 0 unspecified atom stereocenters. The zero-order valence-electron chi connectivity index (χ0n) is 17.7. The third kappa shape index (κ3) is 4.07. The highest BCUT2D eigenvalue weighted by molar-refractivity contribution is 7.98. The second-order valence-electron chi connectivity index (χ2n) is 7.94. The normalized spacial score (nSPS) is 14.4. The Bertz CT molecular complexity index is 1420. The molecular formula is C22H20ClN5O3S2. The van der Waals surface area contributed by atoms with Crippen LogP contribution < -0.4 is 5.56 Å². The van der Waals surface area contributed by atoms with E-state index >= 15 is 0 Å². The number of aromatic amines is 1. The van der Waals surface area contributed by atoms with E-state index in [4.69, 9.17) is 11.6 Å². The van der Waals surface area contributed by atoms with Gasteiger partial charge < -0.3 is 10.1 Å². The highest BCUT2D eigenvalue weighted by Gasteiger charge is 2.26. The Morgan fingerprint density at radius 1 is 1.30 bits per heavy atom. The Morgan fingerprint density at radius 2 is 2.06 bits per heavy atom. The maximum Gasteiger partial charge on any atom is 0.346 e. The van der Waals surface area contributed by atoms with Crippen LogP contribution in [0.5, 0.6) is 0 Å². The maximum atomic E-state index is 12.6. The van der Waals surface area contributed by atoms with Gasteiger partial charge in [-0.25, -0.2) is 9.78 Å². The Labute approximate surface area is 202 Å². The molecule has 1 fully saturated rings. The van der Waals surface area contributed by atoms with E-state index in [0.717, 1.165) is 53.6 Å². The number of thioether (sulfide) groups is 1. The second-order valence-corrected chi connectivity index (χ2v) is 10.3. The number of aryl methyl sites for hydroxylation is 1. The number of carboxylic acid groups (broad SMARTS) is 1. The van der Waals surface area contributed by atoms with E-state index in [1.165, 1.54) is 11.8 Å². The number of halogens is 1. The molecule has 0 amide bonds. The van der Waals surface area contributed by atoms with Crippen molar-refractivity contribution in [2.24, 2.45) is 0 Å². The van der Waals surface area contributed by atoms with Gasteiger partial charge >= 0.3 is 5.97 Å². The number of nitrogens with zero attached hydrogens (tertiary/aromatic N) is 4. The van der Waals surface area contributed by atoms with Gasteiger partial charge in [0.1, 0.15) is 15.5 Å². The monoisotopic (exact) mass is 501 g/mol. The van der Waals surface area contributed by atoms with Crippen LogP contribution in [0.3, 0.4) is 0 Å². The molecule has 11 heteroatoms. The van der Waals surface area contributed by atoms with E-state index in [9.17, 15) is 14.7 Å². The zero-order chi connectivity index (χ0) is 23.1. The van der Waals surface area contributed by atoms with E-state index in [2.05, 4.69) is 24.7 Å². The number of benzene rings is 1. The molecule has 1 aliphatic carbocycles. The minimum Gasteiger partial charge on any atom is -0.477 e. The Hall–Kier alpha value is -2.69. The largest absolute Gasteiger partial charge is 0.477 e. The summed E-state index contributed by atoms with van der Waals surface area (Å²) in [6.07, 6.45) is 4.42. The molecule has 1 saturated carbocycles. The smallest absolute Gasteiger partial charge is 0.346 e. The molecule has 5 rings (SSSR count). The Balaban J connectivity index is 1.49. The summed E-state index contributed by atoms with van der Waals surface area (Å²) in [5.74, 6) is 0.531. The van der Waals surface area contributed by atoms with Crippen molar-refractivity contribution in [2.75, 3.05) is 0 Å². The van der Waals surface area contributed by atoms with Gasteiger partial charge in [-0.15, -0.1) is 21.5 Å². The number of H-pyrrole nitrogens is 1. The third-order valence-electron chi connectivity index (χ3n) is 5.85. The number of carboxylic acids is 1. The predicted molar refractivity (Wildman–Crippen MR) is 129 cm³/mol. The first-order chi connectivity index (χ1) is 15.9. The molecule has 0 aliphatic heterocycles. The molecule has 8 nitrogen and oxygen atoms in total. The van der Waals surface area contributed by atoms with Gasteiger partial charge in [-0.05, 0) is 37.5 Å². The summed E-state index contributed by atoms with van der Waals surface area (Å²) >= 11 is 8.92. The third-order valence-corrected chi connectivity index (χ3v) is 8.31. The van der Waals surface area contributed by atoms with Gasteiger partial charge in [0.25, 0.3) is 5.56 Å². The number of aromatic carboxylic acids is 1. The van der Waals surface area contributed by atoms with Crippen LogP contribution >= 0.6 is 34.7 Å². The van der Waals surface area contributed by atoms with Crippen LogP contribution in [0.2, 0.25) is 5.02 Å². The highest BCUT2D eigenvalue weighted by atomic mass is 35.5. The number of thiophene rings is 1. The molecule has 170 valence electrons. The number of hydrogen-bond acceptors (Lipinski definition) is 7. The molecule has 33 heavy (non-hydrogen) atoms. The lowest BCUT2D eigenvalue weighted by Crippen LogP contribution is -2.12. The van der Waals surface area contributed by atoms with Crippen molar-refractivity contribution in [3.8, 4) is 11.4 Å². The fraction of sp³-hybridized carbons (Fsp3) is 0.318. The lowest BCUT2D eigenvalue weighted by molar-refractivity contribution is 0.0701. The van der Waals surface area contributed by atoms with Crippen molar-refractivity contribution in [2.45, 2.75) is 49.6 Å². The molecule has 0 spiro atoms. The molecule has 4 aromatic rings. The van der Waals surface area contributed by atoms with E-state index in [0.29, 0.717) is 38.4 Å². The first-order valence-corrected chi connectivity index (χ1v) is 12.7. The van der Waals surface area contributed by atoms with Crippen molar-refractivity contribution in [1.29, 1.82) is 0 Å². The first kappa shape index (κ1) is 22.1. The minimum atomic E-state index is -1.05. The number of carbonyl (C=O) groups is 1. The molecule has 0 atom stereocenters. The lowest BCUT2D eigenvalue weighted by atomic mass is 10.2. The summed E-state index contributed by atoms with van der Waals surface area (Å²) < 4.78 is 2.16. The second kappa shape index (κ2) is 8.92. The minimum absolute atomic E-state index is 0.137. The lowest BCUT2D eigenvalue weighted by Gasteiger charge is -2.17. The van der Waals surface area contributed by atoms with Gasteiger partial charge in [0.15, 0.2) is 11.0 Å². The topological polar surface area (TPSA) is 114 Å². The number of rotatable bonds is 6. The average molecular weight is 502 g/mol. The molecule has 1 aliphatic rings. The molecule has 1 aromatic carbocycles. The zero-order valence-corrected chi connectivity index (χ0v) is 20.1. The fourth-order valence-corrected chi connectivity index (χ4v) is 6.42. The van der Waals surface area contributed by atoms with E-state index in [1.807, 2.05) is 24.3 Å². The van der Waals surface area contributed by atoms with Crippen LogP contribution in [0.4, 0.5) is 0 Å². The molecule has 3 aromatic heterocycles. The Morgan fingerprint density at radius 3 is 2.79 bits per heavy atom. The van der Waals surface area contributed by atoms with Gasteiger partial charge in [-0.1, -0.05) is 48.3 Å². The van der Waals surface area contributed by atoms with Crippen molar-refractivity contribution in [1.82, 2.24) is 24.7 Å². The molecule has 2 N–H and O–H groups in total. The van der Waals surface area contributed by atoms with Crippen LogP contribution in [-0.4, -0.2) is 35.8 Å². The number of aromatic nitrogens is 5. The fourth-order valence-electron chi connectivity index (χ4n) is 4.29. The van der Waals surface area contributed by atoms with Gasteiger partial charge in [-0.3, -0.25) is 9.36 Å². The van der Waals surface area contributed by atoms with Crippen LogP contribution in [0, 0.1) is 6.92 Å². The highest BCUT2D eigenvalue weighted by Crippen LogP contribution is 2.38. The SMILES string of the molecule is Cc1c(C(=O)O)sc2nc(CSc3nnc(-c4ccccc4Cl)n3C3CCCC3)[nH]c(=O)c12. The van der Waals surface area contributed by atoms with Crippen molar-refractivity contribution in [3.63, 3.8) is 0 Å². The number of fused-ring (bicyclic) bond motifs is 1. The van der Waals surface area contributed by atoms with Crippen LogP contribution in [0.25, 0.3) is 21.6 Å². The van der Waals surface area contributed by atoms with Gasteiger partial charge in [0.2, 0.25) is 0 Å². The summed E-state index contributed by atoms with van der Waals surface area (Å²) in [5.41, 5.74) is 0.959. The molecule has 3 heterocycles. The standard InChI is InChI=1S/C22H20ClN5O3S2/c1-11-16-19(29)24-15(25-20(16)33-17(11)21(30)31)10-32-22-27-26-18(13-8-4-5-9-14(13)23)28(22)12-6-2-3-7-12/h4-5,8-9,12H,2-3,6-7,10H2,1H3,(H,30,31)(H,24,25,29). The van der Waals surface area contributed by atoms with Crippen LogP contribution in [0.1, 0.15) is 52.8 Å². The van der Waals surface area contributed by atoms with E-state index in [1.54, 1.807) is 6.92 Å². The molecule has 0 bridgehead atoms. The summed E-state index contributed by atoms with van der Waals surface area (Å²) in [7, 11) is 0. The Kier molecular flexibility index (Phi) is 5.98. The molecule has 0 radical (unpaired) electrons. The van der Waals surface area contributed by atoms with Gasteiger partial charge in [-0.2, -0.15) is 0 Å². The summed E-state index contributed by atoms with van der Waals surface area (Å²) in [4.78, 5) is 32.0. The van der Waals surface area contributed by atoms with Gasteiger partial charge in [0, 0.05) is 11.6 Å². The average Bonchev–Trinajstić information content (AvgIpc) is 3.51. The quantitative estimate of drug-likeness (QED) is 0.344. The molecular weight excluding hydrogens is 482 g/mol. The summed E-state index contributed by atoms with van der Waals surface area (Å²) in [6, 6.07) is 7.90. The van der Waals surface area contributed by atoms with Crippen LogP contribution in [0.15, 0.2) is 34.2 Å². The van der Waals surface area contributed by atoms with Crippen molar-refractivity contribution in [3.05, 3.63) is 55.9 Å². The molecule has 0 saturated heterocycles. The van der Waals surface area contributed by atoms with Gasteiger partial charge in [0.05, 0.1) is 16.2 Å². The van der Waals surface area contributed by atoms with E-state index in [-0.39, 0.29) is 10.4 Å². The number of hydrogen-bond donors (Lipinski definition) is 2. The first-order valence-electron chi connectivity index (χ1n) is 10.5. The number of nitrogens with one attached hydrogen (secondary N) is 1. The summed E-state index contributed by atoms with van der Waals surface area (Å²) in [5, 5.41) is 20.0. The summed E-state index contributed by atoms with van der Waals surface area (Å²) in [6.45, 7) is 1.63. The predicted octanol–water partition coefficient (Wildman–Crippen LogP) is 5.31. The van der Waals surface area contributed by atoms with E-state index < -0.39 is 5.97 Å². The van der Waals surface area contributed by atoms with Crippen molar-refractivity contribution >= 4 is 50.9 Å². The maximum absolute atomic E-state index is 12.6. The van der Waals surface area contributed by atoms with Crippen LogP contribution in [-0.2, 0) is 5.75 Å². The van der Waals surface area contributed by atoms with Crippen molar-refractivity contribution < 1.29 is 9.90 Å².